The molecule has 0 saturated carbocycles. The largest absolute Gasteiger partial charge is 0.309 e. The topological polar surface area (TPSA) is 91.7 Å². The van der Waals surface area contributed by atoms with Crippen LogP contribution in [0.2, 0.25) is 0 Å². The quantitative estimate of drug-likeness (QED) is 0.119. The smallest absolute Gasteiger partial charge is 0.270 e. The van der Waals surface area contributed by atoms with Crippen molar-refractivity contribution in [2.75, 3.05) is 0 Å². The molecule has 8 nitrogen and oxygen atoms in total. The van der Waals surface area contributed by atoms with E-state index in [0.717, 1.165) is 77.2 Å². The summed E-state index contributed by atoms with van der Waals surface area (Å²) in [6.07, 6.45) is 0. The predicted octanol–water partition coefficient (Wildman–Crippen LogP) is 12.6. The number of nitro groups is 1. The van der Waals surface area contributed by atoms with E-state index in [1.807, 2.05) is 84.9 Å². The average molecular weight is 761 g/mol. The van der Waals surface area contributed by atoms with Gasteiger partial charge in [-0.1, -0.05) is 127 Å². The van der Waals surface area contributed by atoms with Crippen LogP contribution in [0.25, 0.3) is 100 Å². The highest BCUT2D eigenvalue weighted by molar-refractivity contribution is 6.29. The van der Waals surface area contributed by atoms with Crippen LogP contribution in [0.15, 0.2) is 194 Å². The summed E-state index contributed by atoms with van der Waals surface area (Å²) in [4.78, 5) is 26.8. The minimum absolute atomic E-state index is 0.00870. The molecule has 8 heteroatoms. The van der Waals surface area contributed by atoms with Crippen LogP contribution in [0.1, 0.15) is 0 Å². The van der Waals surface area contributed by atoms with Crippen molar-refractivity contribution in [3.63, 3.8) is 0 Å². The van der Waals surface area contributed by atoms with Gasteiger partial charge in [-0.25, -0.2) is 15.0 Å². The lowest BCUT2D eigenvalue weighted by Crippen LogP contribution is -2.02. The number of para-hydroxylation sites is 3. The van der Waals surface area contributed by atoms with Crippen molar-refractivity contribution >= 4 is 49.3 Å². The fourth-order valence-corrected chi connectivity index (χ4v) is 8.46. The van der Waals surface area contributed by atoms with Crippen LogP contribution >= 0.6 is 0 Å². The zero-order valence-electron chi connectivity index (χ0n) is 31.5. The van der Waals surface area contributed by atoms with Gasteiger partial charge in [-0.15, -0.1) is 0 Å². The molecule has 11 rings (SSSR count). The van der Waals surface area contributed by atoms with E-state index in [1.54, 1.807) is 12.1 Å². The van der Waals surface area contributed by atoms with Crippen molar-refractivity contribution in [1.82, 2.24) is 24.1 Å². The summed E-state index contributed by atoms with van der Waals surface area (Å²) in [5, 5.41) is 16.8. The molecular weight excluding hydrogens is 729 g/mol. The van der Waals surface area contributed by atoms with Gasteiger partial charge in [-0.05, 0) is 60.2 Å². The molecule has 0 amide bonds. The summed E-state index contributed by atoms with van der Waals surface area (Å²) >= 11 is 0. The fourth-order valence-electron chi connectivity index (χ4n) is 8.46. The van der Waals surface area contributed by atoms with Gasteiger partial charge in [-0.2, -0.15) is 0 Å². The normalized spacial score (nSPS) is 11.5. The number of hydrogen-bond acceptors (Lipinski definition) is 5. The summed E-state index contributed by atoms with van der Waals surface area (Å²) in [6, 6.07) is 64.7. The first-order valence-electron chi connectivity index (χ1n) is 19.4. The first kappa shape index (κ1) is 34.1. The summed E-state index contributed by atoms with van der Waals surface area (Å²) in [5.74, 6) is 1.60. The molecule has 0 atom stereocenters. The summed E-state index contributed by atoms with van der Waals surface area (Å²) < 4.78 is 4.62. The Bertz CT molecular complexity index is 3350. The van der Waals surface area contributed by atoms with E-state index in [4.69, 9.17) is 15.0 Å². The highest BCUT2D eigenvalue weighted by atomic mass is 16.6. The number of fused-ring (bicyclic) bond motifs is 7. The Labute approximate surface area is 338 Å². The van der Waals surface area contributed by atoms with Crippen molar-refractivity contribution < 1.29 is 4.92 Å². The van der Waals surface area contributed by atoms with Crippen LogP contribution in [-0.4, -0.2) is 29.0 Å². The molecule has 0 fully saturated rings. The molecule has 0 bridgehead atoms. The first-order valence-corrected chi connectivity index (χ1v) is 19.4. The zero-order chi connectivity index (χ0) is 39.5. The number of nitro benzene ring substituents is 1. The maximum Gasteiger partial charge on any atom is 0.270 e. The van der Waals surface area contributed by atoms with E-state index in [1.165, 1.54) is 6.07 Å². The molecule has 0 radical (unpaired) electrons. The summed E-state index contributed by atoms with van der Waals surface area (Å²) in [7, 11) is 0. The number of rotatable bonds is 7. The molecule has 0 aliphatic carbocycles. The molecule has 3 heterocycles. The second kappa shape index (κ2) is 13.8. The van der Waals surface area contributed by atoms with Gasteiger partial charge in [0.2, 0.25) is 0 Å². The van der Waals surface area contributed by atoms with Crippen LogP contribution in [0, 0.1) is 10.1 Å². The van der Waals surface area contributed by atoms with E-state index in [9.17, 15) is 10.1 Å². The summed E-state index contributed by atoms with van der Waals surface area (Å²) in [5.41, 5.74) is 10.2. The van der Waals surface area contributed by atoms with Crippen molar-refractivity contribution in [3.8, 4) is 56.7 Å². The van der Waals surface area contributed by atoms with Gasteiger partial charge in [-0.3, -0.25) is 10.1 Å². The Hall–Kier alpha value is -8.23. The summed E-state index contributed by atoms with van der Waals surface area (Å²) in [6.45, 7) is 0. The van der Waals surface area contributed by atoms with E-state index in [0.29, 0.717) is 23.0 Å². The van der Waals surface area contributed by atoms with Gasteiger partial charge in [0.05, 0.1) is 32.7 Å². The lowest BCUT2D eigenvalue weighted by atomic mass is 9.99. The maximum atomic E-state index is 12.2. The van der Waals surface area contributed by atoms with Gasteiger partial charge >= 0.3 is 0 Å². The molecule has 0 saturated heterocycles. The van der Waals surface area contributed by atoms with Gasteiger partial charge in [0, 0.05) is 61.6 Å². The van der Waals surface area contributed by atoms with E-state index in [-0.39, 0.29) is 10.6 Å². The van der Waals surface area contributed by atoms with Crippen LogP contribution < -0.4 is 0 Å². The Morgan fingerprint density at radius 3 is 1.49 bits per heavy atom. The third-order valence-corrected chi connectivity index (χ3v) is 11.0. The molecular formula is C51H32N6O2. The Morgan fingerprint density at radius 1 is 0.407 bits per heavy atom. The monoisotopic (exact) mass is 760 g/mol. The molecule has 3 aromatic heterocycles. The van der Waals surface area contributed by atoms with Crippen LogP contribution in [-0.2, 0) is 0 Å². The third-order valence-electron chi connectivity index (χ3n) is 11.0. The van der Waals surface area contributed by atoms with Crippen LogP contribution in [0.4, 0.5) is 5.69 Å². The van der Waals surface area contributed by atoms with Crippen molar-refractivity contribution in [2.24, 2.45) is 0 Å². The van der Waals surface area contributed by atoms with E-state index >= 15 is 0 Å². The Balaban J connectivity index is 1.20. The number of aromatic nitrogens is 5. The average Bonchev–Trinajstić information content (AvgIpc) is 3.82. The minimum Gasteiger partial charge on any atom is -0.309 e. The molecule has 0 N–H and O–H groups in total. The molecule has 0 aliphatic heterocycles. The molecule has 278 valence electrons. The number of non-ortho nitro benzene ring substituents is 1. The second-order valence-electron chi connectivity index (χ2n) is 14.5. The highest BCUT2D eigenvalue weighted by Gasteiger charge is 2.23. The van der Waals surface area contributed by atoms with E-state index < -0.39 is 0 Å². The first-order chi connectivity index (χ1) is 29.1. The predicted molar refractivity (Wildman–Crippen MR) is 237 cm³/mol. The maximum absolute atomic E-state index is 12.2. The van der Waals surface area contributed by atoms with Gasteiger partial charge in [0.15, 0.2) is 17.5 Å². The fraction of sp³-hybridized carbons (Fsp3) is 0. The molecule has 0 aliphatic rings. The molecule has 0 unspecified atom stereocenters. The lowest BCUT2D eigenvalue weighted by molar-refractivity contribution is -0.384. The van der Waals surface area contributed by atoms with Crippen molar-refractivity contribution in [3.05, 3.63) is 204 Å². The number of benzene rings is 8. The van der Waals surface area contributed by atoms with Gasteiger partial charge in [0.25, 0.3) is 5.69 Å². The highest BCUT2D eigenvalue weighted by Crippen LogP contribution is 2.44. The molecule has 59 heavy (non-hydrogen) atoms. The number of nitrogens with zero attached hydrogens (tertiary/aromatic N) is 6. The minimum atomic E-state index is -0.350. The molecule has 11 aromatic rings. The second-order valence-corrected chi connectivity index (χ2v) is 14.5. The van der Waals surface area contributed by atoms with E-state index in [2.05, 4.69) is 100 Å². The van der Waals surface area contributed by atoms with Crippen LogP contribution in [0.5, 0.6) is 0 Å². The van der Waals surface area contributed by atoms with Gasteiger partial charge < -0.3 is 9.13 Å². The standard InChI is InChI=1S/C51H32N6O2/c58-57(59)38-22-14-19-35(31-38)41-32-36(51-53-49(33-15-4-1-5-16-33)52-50(54-51)34-17-6-2-7-18-34)27-28-44(41)56-43-26-13-11-24-40(43)48-46(56)30-29-45-47(48)39-23-10-12-25-42(39)55(45)37-20-8-3-9-21-37/h1-32H. The Kier molecular flexibility index (Phi) is 7.94. The third kappa shape index (κ3) is 5.65. The van der Waals surface area contributed by atoms with Crippen molar-refractivity contribution in [2.45, 2.75) is 0 Å². The molecule has 0 spiro atoms. The SMILES string of the molecule is O=[N+]([O-])c1cccc(-c2cc(-c3nc(-c4ccccc4)nc(-c4ccccc4)n3)ccc2-n2c3ccccc3c3c4c5ccccc5n(-c5ccccc5)c4ccc32)c1. The number of hydrogen-bond donors (Lipinski definition) is 0. The van der Waals surface area contributed by atoms with Crippen LogP contribution in [0.3, 0.4) is 0 Å². The van der Waals surface area contributed by atoms with Gasteiger partial charge in [0.1, 0.15) is 0 Å². The lowest BCUT2D eigenvalue weighted by Gasteiger charge is -2.16. The zero-order valence-corrected chi connectivity index (χ0v) is 31.5. The Morgan fingerprint density at radius 2 is 0.898 bits per heavy atom. The molecule has 8 aromatic carbocycles. The van der Waals surface area contributed by atoms with Crippen molar-refractivity contribution in [1.29, 1.82) is 0 Å².